The maximum Gasteiger partial charge on any atom is 0.119 e. The minimum atomic E-state index is 0.707. The molecule has 4 nitrogen and oxygen atoms in total. The lowest BCUT2D eigenvalue weighted by Gasteiger charge is -2.16. The summed E-state index contributed by atoms with van der Waals surface area (Å²) in [4.78, 5) is 2.27. The third kappa shape index (κ3) is 4.31. The summed E-state index contributed by atoms with van der Waals surface area (Å²) in [6, 6.07) is 9.52. The summed E-state index contributed by atoms with van der Waals surface area (Å²) in [6.07, 6.45) is 2.72. The van der Waals surface area contributed by atoms with E-state index in [1.807, 2.05) is 37.3 Å². The maximum atomic E-state index is 5.67. The van der Waals surface area contributed by atoms with E-state index in [0.717, 1.165) is 36.7 Å². The number of nitrogens with two attached hydrogens (primary N) is 1. The van der Waals surface area contributed by atoms with Crippen LogP contribution in [0.4, 0.5) is 5.69 Å². The summed E-state index contributed by atoms with van der Waals surface area (Å²) in [7, 11) is 2.11. The van der Waals surface area contributed by atoms with Gasteiger partial charge in [0.1, 0.15) is 11.5 Å². The van der Waals surface area contributed by atoms with Crippen molar-refractivity contribution in [1.82, 2.24) is 4.90 Å². The van der Waals surface area contributed by atoms with Crippen molar-refractivity contribution in [2.45, 2.75) is 19.9 Å². The Morgan fingerprint density at radius 1 is 1.20 bits per heavy atom. The Balaban J connectivity index is 1.65. The number of ether oxygens (including phenoxy) is 1. The highest BCUT2D eigenvalue weighted by molar-refractivity contribution is 5.41. The van der Waals surface area contributed by atoms with Crippen LogP contribution in [0.25, 0.3) is 0 Å². The van der Waals surface area contributed by atoms with Gasteiger partial charge in [0.05, 0.1) is 12.9 Å². The van der Waals surface area contributed by atoms with E-state index in [2.05, 4.69) is 11.9 Å². The predicted molar refractivity (Wildman–Crippen MR) is 80.7 cm³/mol. The van der Waals surface area contributed by atoms with Crippen LogP contribution in [-0.2, 0) is 6.54 Å². The lowest BCUT2D eigenvalue weighted by molar-refractivity contribution is 0.258. The van der Waals surface area contributed by atoms with Crippen LogP contribution >= 0.6 is 0 Å². The van der Waals surface area contributed by atoms with Gasteiger partial charge in [0.15, 0.2) is 0 Å². The second kappa shape index (κ2) is 7.01. The quantitative estimate of drug-likeness (QED) is 0.622. The highest BCUT2D eigenvalue weighted by atomic mass is 16.5. The van der Waals surface area contributed by atoms with Crippen LogP contribution in [0.5, 0.6) is 5.75 Å². The predicted octanol–water partition coefficient (Wildman–Crippen LogP) is 3.07. The second-order valence-electron chi connectivity index (χ2n) is 5.01. The molecular weight excluding hydrogens is 252 g/mol. The molecule has 0 bridgehead atoms. The molecule has 2 aromatic rings. The van der Waals surface area contributed by atoms with Crippen LogP contribution in [0.3, 0.4) is 0 Å². The minimum Gasteiger partial charge on any atom is -0.494 e. The van der Waals surface area contributed by atoms with Crippen LogP contribution in [0, 0.1) is 6.92 Å². The smallest absolute Gasteiger partial charge is 0.119 e. The molecule has 108 valence electrons. The lowest BCUT2D eigenvalue weighted by Crippen LogP contribution is -2.20. The van der Waals surface area contributed by atoms with Gasteiger partial charge in [-0.25, -0.2) is 0 Å². The standard InChI is InChI=1S/C16H22N2O2/c1-13-14(8-11-19-13)12-18(2)9-3-10-20-16-6-4-15(17)5-7-16/h4-8,11H,3,9-10,12,17H2,1-2H3. The number of nitrogen functional groups attached to an aromatic ring is 1. The Kier molecular flexibility index (Phi) is 5.07. The summed E-state index contributed by atoms with van der Waals surface area (Å²) in [5.74, 6) is 1.86. The van der Waals surface area contributed by atoms with Gasteiger partial charge in [-0.1, -0.05) is 0 Å². The van der Waals surface area contributed by atoms with Gasteiger partial charge in [0.2, 0.25) is 0 Å². The first-order valence-electron chi connectivity index (χ1n) is 6.85. The van der Waals surface area contributed by atoms with E-state index in [0.29, 0.717) is 6.61 Å². The molecule has 1 aromatic carbocycles. The minimum absolute atomic E-state index is 0.707. The van der Waals surface area contributed by atoms with Gasteiger partial charge < -0.3 is 19.8 Å². The van der Waals surface area contributed by atoms with Gasteiger partial charge in [-0.05, 0) is 50.7 Å². The Bertz CT molecular complexity index is 520. The molecule has 0 saturated heterocycles. The number of rotatable bonds is 7. The first-order valence-corrected chi connectivity index (χ1v) is 6.85. The number of aryl methyl sites for hydroxylation is 1. The van der Waals surface area contributed by atoms with Gasteiger partial charge in [-0.2, -0.15) is 0 Å². The molecule has 20 heavy (non-hydrogen) atoms. The first-order chi connectivity index (χ1) is 9.65. The molecule has 0 aliphatic rings. The number of benzene rings is 1. The van der Waals surface area contributed by atoms with Crippen molar-refractivity contribution in [2.75, 3.05) is 25.9 Å². The molecule has 0 aliphatic heterocycles. The number of anilines is 1. The fraction of sp³-hybridized carbons (Fsp3) is 0.375. The molecule has 1 aromatic heterocycles. The average molecular weight is 274 g/mol. The van der Waals surface area contributed by atoms with Crippen molar-refractivity contribution in [3.63, 3.8) is 0 Å². The van der Waals surface area contributed by atoms with Crippen molar-refractivity contribution < 1.29 is 9.15 Å². The second-order valence-corrected chi connectivity index (χ2v) is 5.01. The molecule has 2 N–H and O–H groups in total. The largest absolute Gasteiger partial charge is 0.494 e. The molecule has 4 heteroatoms. The van der Waals surface area contributed by atoms with Crippen molar-refractivity contribution >= 4 is 5.69 Å². The summed E-state index contributed by atoms with van der Waals surface area (Å²) in [5, 5.41) is 0. The molecule has 0 spiro atoms. The summed E-state index contributed by atoms with van der Waals surface area (Å²) >= 11 is 0. The molecule has 0 fully saturated rings. The van der Waals surface area contributed by atoms with Crippen molar-refractivity contribution in [2.24, 2.45) is 0 Å². The molecule has 0 atom stereocenters. The third-order valence-electron chi connectivity index (χ3n) is 3.24. The molecule has 2 rings (SSSR count). The summed E-state index contributed by atoms with van der Waals surface area (Å²) in [5.41, 5.74) is 7.63. The normalized spacial score (nSPS) is 10.9. The number of hydrogen-bond acceptors (Lipinski definition) is 4. The average Bonchev–Trinajstić information content (AvgIpc) is 2.82. The topological polar surface area (TPSA) is 51.6 Å². The molecule has 1 heterocycles. The zero-order chi connectivity index (χ0) is 14.4. The Labute approximate surface area is 120 Å². The van der Waals surface area contributed by atoms with Gasteiger partial charge in [0.25, 0.3) is 0 Å². The van der Waals surface area contributed by atoms with E-state index in [9.17, 15) is 0 Å². The van der Waals surface area contributed by atoms with Crippen molar-refractivity contribution in [3.05, 3.63) is 47.9 Å². The van der Waals surface area contributed by atoms with E-state index in [-0.39, 0.29) is 0 Å². The Hall–Kier alpha value is -1.94. The van der Waals surface area contributed by atoms with Crippen LogP contribution in [0.1, 0.15) is 17.7 Å². The monoisotopic (exact) mass is 274 g/mol. The zero-order valence-corrected chi connectivity index (χ0v) is 12.1. The van der Waals surface area contributed by atoms with E-state index in [1.165, 1.54) is 5.56 Å². The molecule has 0 unspecified atom stereocenters. The van der Waals surface area contributed by atoms with Crippen LogP contribution < -0.4 is 10.5 Å². The summed E-state index contributed by atoms with van der Waals surface area (Å²) in [6.45, 7) is 4.59. The van der Waals surface area contributed by atoms with Crippen molar-refractivity contribution in [3.8, 4) is 5.75 Å². The van der Waals surface area contributed by atoms with E-state index in [1.54, 1.807) is 6.26 Å². The molecule has 0 saturated carbocycles. The SMILES string of the molecule is Cc1occc1CN(C)CCCOc1ccc(N)cc1. The van der Waals surface area contributed by atoms with Gasteiger partial charge >= 0.3 is 0 Å². The van der Waals surface area contributed by atoms with Crippen LogP contribution in [-0.4, -0.2) is 25.1 Å². The number of nitrogens with zero attached hydrogens (tertiary/aromatic N) is 1. The Morgan fingerprint density at radius 3 is 2.60 bits per heavy atom. The zero-order valence-electron chi connectivity index (χ0n) is 12.1. The van der Waals surface area contributed by atoms with Gasteiger partial charge in [-0.3, -0.25) is 0 Å². The highest BCUT2D eigenvalue weighted by Gasteiger charge is 2.05. The van der Waals surface area contributed by atoms with Crippen molar-refractivity contribution in [1.29, 1.82) is 0 Å². The number of furan rings is 1. The molecule has 0 amide bonds. The summed E-state index contributed by atoms with van der Waals surface area (Å²) < 4.78 is 11.0. The molecule has 0 radical (unpaired) electrons. The van der Waals surface area contributed by atoms with Gasteiger partial charge in [-0.15, -0.1) is 0 Å². The van der Waals surface area contributed by atoms with Crippen LogP contribution in [0.2, 0.25) is 0 Å². The number of hydrogen-bond donors (Lipinski definition) is 1. The van der Waals surface area contributed by atoms with E-state index in [4.69, 9.17) is 14.9 Å². The van der Waals surface area contributed by atoms with E-state index >= 15 is 0 Å². The molecular formula is C16H22N2O2. The maximum absolute atomic E-state index is 5.67. The fourth-order valence-corrected chi connectivity index (χ4v) is 2.03. The first kappa shape index (κ1) is 14.5. The van der Waals surface area contributed by atoms with E-state index < -0.39 is 0 Å². The molecule has 0 aliphatic carbocycles. The highest BCUT2D eigenvalue weighted by Crippen LogP contribution is 2.14. The Morgan fingerprint density at radius 2 is 1.95 bits per heavy atom. The third-order valence-corrected chi connectivity index (χ3v) is 3.24. The van der Waals surface area contributed by atoms with Crippen LogP contribution in [0.15, 0.2) is 41.0 Å². The lowest BCUT2D eigenvalue weighted by atomic mass is 10.2. The fourth-order valence-electron chi connectivity index (χ4n) is 2.03. The van der Waals surface area contributed by atoms with Gasteiger partial charge in [0, 0.05) is 24.3 Å².